The lowest BCUT2D eigenvalue weighted by molar-refractivity contribution is 0.0131. The number of rotatable bonds is 14. The smallest absolute Gasteiger partial charge is 0.290 e. The van der Waals surface area contributed by atoms with Gasteiger partial charge in [0.05, 0.1) is 30.2 Å². The normalized spacial score (nSPS) is 23.3. The van der Waals surface area contributed by atoms with Crippen LogP contribution in [0.2, 0.25) is 5.02 Å². The SMILES string of the molecule is CO[C@@H](/C=C/C[C@H](C)CCNC(=O)c1cnn(CC2CC2)c1)[C@@H]1CC[C@H]1CN1C[C@@]2(CCCc3cc(Cl)ccc32)COc2ccc(C(=O)N=S=O)cc21. The highest BCUT2D eigenvalue weighted by molar-refractivity contribution is 7.55. The minimum Gasteiger partial charge on any atom is -0.490 e. The van der Waals surface area contributed by atoms with Crippen molar-refractivity contribution in [3.63, 3.8) is 0 Å². The molecule has 1 N–H and O–H groups in total. The molecule has 53 heavy (non-hydrogen) atoms. The first-order valence-corrected chi connectivity index (χ1v) is 20.2. The van der Waals surface area contributed by atoms with Crippen LogP contribution in [0.4, 0.5) is 5.69 Å². The van der Waals surface area contributed by atoms with Crippen molar-refractivity contribution in [2.75, 3.05) is 38.3 Å². The van der Waals surface area contributed by atoms with Gasteiger partial charge in [-0.15, -0.1) is 4.36 Å². The van der Waals surface area contributed by atoms with Crippen LogP contribution in [-0.4, -0.2) is 65.3 Å². The Morgan fingerprint density at radius 1 is 1.17 bits per heavy atom. The molecular weight excluding hydrogens is 710 g/mol. The van der Waals surface area contributed by atoms with Gasteiger partial charge >= 0.3 is 0 Å². The number of fused-ring (bicyclic) bond motifs is 3. The summed E-state index contributed by atoms with van der Waals surface area (Å²) >= 11 is 6.38. The van der Waals surface area contributed by atoms with Crippen LogP contribution in [0.3, 0.4) is 0 Å². The van der Waals surface area contributed by atoms with Crippen molar-refractivity contribution >= 4 is 40.6 Å². The van der Waals surface area contributed by atoms with E-state index in [0.29, 0.717) is 48.0 Å². The molecule has 2 fully saturated rings. The second-order valence-corrected chi connectivity index (χ2v) is 16.4. The largest absolute Gasteiger partial charge is 0.490 e. The summed E-state index contributed by atoms with van der Waals surface area (Å²) in [5.41, 5.74) is 4.20. The summed E-state index contributed by atoms with van der Waals surface area (Å²) < 4.78 is 29.2. The Morgan fingerprint density at radius 3 is 2.81 bits per heavy atom. The highest BCUT2D eigenvalue weighted by atomic mass is 35.5. The summed E-state index contributed by atoms with van der Waals surface area (Å²) in [6.45, 7) is 5.80. The minimum absolute atomic E-state index is 0.0113. The Morgan fingerprint density at radius 2 is 2.04 bits per heavy atom. The molecule has 5 atom stereocenters. The monoisotopic (exact) mass is 759 g/mol. The van der Waals surface area contributed by atoms with Crippen molar-refractivity contribution in [2.45, 2.75) is 82.8 Å². The average Bonchev–Trinajstić information content (AvgIpc) is 3.87. The molecule has 4 aliphatic rings. The van der Waals surface area contributed by atoms with Gasteiger partial charge in [-0.05, 0) is 123 Å². The molecule has 282 valence electrons. The van der Waals surface area contributed by atoms with Gasteiger partial charge in [0.1, 0.15) is 5.75 Å². The third kappa shape index (κ3) is 8.79. The lowest BCUT2D eigenvalue weighted by Gasteiger charge is -2.46. The van der Waals surface area contributed by atoms with E-state index in [9.17, 15) is 13.8 Å². The van der Waals surface area contributed by atoms with Crippen molar-refractivity contribution in [1.82, 2.24) is 15.1 Å². The second kappa shape index (κ2) is 16.7. The van der Waals surface area contributed by atoms with Gasteiger partial charge in [-0.25, -0.2) is 0 Å². The van der Waals surface area contributed by atoms with Crippen LogP contribution in [-0.2, 0) is 34.6 Å². The van der Waals surface area contributed by atoms with Gasteiger partial charge in [0.15, 0.2) is 0 Å². The summed E-state index contributed by atoms with van der Waals surface area (Å²) in [6.07, 6.45) is 17.4. The first-order chi connectivity index (χ1) is 25.7. The maximum Gasteiger partial charge on any atom is 0.290 e. The highest BCUT2D eigenvalue weighted by Crippen LogP contribution is 2.47. The summed E-state index contributed by atoms with van der Waals surface area (Å²) in [6, 6.07) is 11.6. The first kappa shape index (κ1) is 37.5. The van der Waals surface area contributed by atoms with E-state index in [-0.39, 0.29) is 28.9 Å². The molecule has 2 amide bonds. The predicted molar refractivity (Wildman–Crippen MR) is 207 cm³/mol. The molecule has 7 rings (SSSR count). The van der Waals surface area contributed by atoms with E-state index >= 15 is 0 Å². The van der Waals surface area contributed by atoms with E-state index in [2.05, 4.69) is 50.9 Å². The van der Waals surface area contributed by atoms with Gasteiger partial charge in [-0.1, -0.05) is 36.7 Å². The molecule has 0 unspecified atom stereocenters. The quantitative estimate of drug-likeness (QED) is 0.170. The number of halogens is 1. The molecule has 10 nitrogen and oxygen atoms in total. The lowest BCUT2D eigenvalue weighted by atomic mass is 9.68. The molecular formula is C41H50ClN5O5S. The number of carbonyl (C=O) groups excluding carboxylic acids is 2. The Labute approximate surface area is 320 Å². The number of nitrogens with one attached hydrogen (secondary N) is 1. The molecule has 3 aromatic rings. The fraction of sp³-hybridized carbons (Fsp3) is 0.537. The van der Waals surface area contributed by atoms with Crippen LogP contribution in [0.15, 0.2) is 65.3 Å². The van der Waals surface area contributed by atoms with Crippen molar-refractivity contribution in [2.24, 2.45) is 28.0 Å². The molecule has 0 saturated heterocycles. The number of hydrogen-bond acceptors (Lipinski definition) is 7. The number of carbonyl (C=O) groups is 2. The third-order valence-electron chi connectivity index (χ3n) is 11.9. The average molecular weight is 760 g/mol. The van der Waals surface area contributed by atoms with E-state index in [1.54, 1.807) is 19.4 Å². The van der Waals surface area contributed by atoms with Crippen LogP contribution in [0, 0.1) is 23.7 Å². The van der Waals surface area contributed by atoms with Crippen molar-refractivity contribution < 1.29 is 23.3 Å². The maximum atomic E-state index is 12.7. The van der Waals surface area contributed by atoms with Crippen LogP contribution >= 0.6 is 11.6 Å². The van der Waals surface area contributed by atoms with Crippen molar-refractivity contribution in [3.05, 3.63) is 88.2 Å². The number of anilines is 1. The third-order valence-corrected chi connectivity index (χ3v) is 12.3. The lowest BCUT2D eigenvalue weighted by Crippen LogP contribution is -2.49. The summed E-state index contributed by atoms with van der Waals surface area (Å²) in [5.74, 6) is 1.98. The number of hydrogen-bond donors (Lipinski definition) is 1. The van der Waals surface area contributed by atoms with E-state index in [0.717, 1.165) is 81.0 Å². The molecule has 0 radical (unpaired) electrons. The molecule has 1 aromatic heterocycles. The summed E-state index contributed by atoms with van der Waals surface area (Å²) in [4.78, 5) is 27.8. The van der Waals surface area contributed by atoms with Crippen molar-refractivity contribution in [3.8, 4) is 5.75 Å². The predicted octanol–water partition coefficient (Wildman–Crippen LogP) is 7.40. The summed E-state index contributed by atoms with van der Waals surface area (Å²) in [7, 11) is 1.79. The molecule has 12 heteroatoms. The van der Waals surface area contributed by atoms with Gasteiger partial charge in [0, 0.05) is 55.5 Å². The fourth-order valence-corrected chi connectivity index (χ4v) is 8.88. The molecule has 0 bridgehead atoms. The Balaban J connectivity index is 0.999. The molecule has 1 aliphatic heterocycles. The second-order valence-electron chi connectivity index (χ2n) is 15.7. The summed E-state index contributed by atoms with van der Waals surface area (Å²) in [5, 5.41) is 8.16. The Hall–Kier alpha value is -3.80. The highest BCUT2D eigenvalue weighted by Gasteiger charge is 2.44. The van der Waals surface area contributed by atoms with Gasteiger partial charge < -0.3 is 19.7 Å². The zero-order chi connectivity index (χ0) is 37.0. The number of ether oxygens (including phenoxy) is 2. The maximum absolute atomic E-state index is 12.7. The molecule has 2 heterocycles. The fourth-order valence-electron chi connectivity index (χ4n) is 8.51. The minimum atomic E-state index is -0.539. The van der Waals surface area contributed by atoms with Gasteiger partial charge in [-0.3, -0.25) is 14.3 Å². The van der Waals surface area contributed by atoms with E-state index in [4.69, 9.17) is 21.1 Å². The van der Waals surface area contributed by atoms with E-state index in [1.807, 2.05) is 29.1 Å². The Bertz CT molecular complexity index is 1890. The van der Waals surface area contributed by atoms with Gasteiger partial charge in [-0.2, -0.15) is 9.31 Å². The topological polar surface area (TPSA) is 115 Å². The van der Waals surface area contributed by atoms with Crippen LogP contribution in [0.5, 0.6) is 5.75 Å². The molecule has 2 aromatic carbocycles. The Kier molecular flexibility index (Phi) is 11.8. The van der Waals surface area contributed by atoms with Crippen LogP contribution in [0.25, 0.3) is 0 Å². The molecule has 1 spiro atoms. The number of nitrogens with zero attached hydrogens (tertiary/aromatic N) is 4. The van der Waals surface area contributed by atoms with Crippen LogP contribution < -0.4 is 15.0 Å². The van der Waals surface area contributed by atoms with Crippen molar-refractivity contribution in [1.29, 1.82) is 0 Å². The van der Waals surface area contributed by atoms with Gasteiger partial charge in [0.2, 0.25) is 11.5 Å². The number of allylic oxidation sites excluding steroid dienone is 1. The van der Waals surface area contributed by atoms with E-state index < -0.39 is 5.91 Å². The number of aromatic nitrogens is 2. The van der Waals surface area contributed by atoms with E-state index in [1.165, 1.54) is 24.0 Å². The number of methoxy groups -OCH3 is 1. The number of aryl methyl sites for hydroxylation is 1. The first-order valence-electron chi connectivity index (χ1n) is 19.1. The van der Waals surface area contributed by atoms with Crippen LogP contribution in [0.1, 0.15) is 90.1 Å². The zero-order valence-corrected chi connectivity index (χ0v) is 32.2. The molecule has 2 saturated carbocycles. The standard InChI is InChI=1S/C41H50ClN5O5S/c1-27(16-18-43-39(48)32-21-44-47(24-32)22-28-8-9-28)5-3-7-37(51-2)34-13-10-31(34)23-46-25-41(17-4-6-29-19-33(42)12-14-35(29)41)26-52-38-15-11-30(20-36(38)46)40(49)45-53-50/h3,7,11-12,14-15,19-21,24,27-28,31,34,37H,4-6,8-10,13,16-18,22-23,25-26H2,1-2H3,(H,43,48)/b7-3+/t27-,31-,34+,37-,41-/m0/s1. The molecule has 3 aliphatic carbocycles. The number of benzene rings is 2. The number of amides is 2. The zero-order valence-electron chi connectivity index (χ0n) is 30.7. The van der Waals surface area contributed by atoms with Gasteiger partial charge in [0.25, 0.3) is 11.8 Å².